The summed E-state index contributed by atoms with van der Waals surface area (Å²) in [4.78, 5) is 23.9. The van der Waals surface area contributed by atoms with Gasteiger partial charge in [-0.2, -0.15) is 0 Å². The van der Waals surface area contributed by atoms with Crippen LogP contribution in [0.2, 0.25) is 0 Å². The van der Waals surface area contributed by atoms with Crippen molar-refractivity contribution in [1.29, 1.82) is 0 Å². The molecule has 1 N–H and O–H groups in total. The highest BCUT2D eigenvalue weighted by molar-refractivity contribution is 7.15. The lowest BCUT2D eigenvalue weighted by molar-refractivity contribution is 0.0599. The number of ether oxygens (including phenoxy) is 1. The maximum atomic E-state index is 13.7. The quantitative estimate of drug-likeness (QED) is 0.882. The highest BCUT2D eigenvalue weighted by atomic mass is 32.1. The van der Waals surface area contributed by atoms with Crippen LogP contribution in [0.3, 0.4) is 0 Å². The van der Waals surface area contributed by atoms with Crippen molar-refractivity contribution >= 4 is 23.3 Å². The first-order valence-electron chi connectivity index (χ1n) is 5.66. The Kier molecular flexibility index (Phi) is 3.85. The number of hydrogen-bond acceptors (Lipinski definition) is 4. The van der Waals surface area contributed by atoms with Crippen LogP contribution in [0.4, 0.5) is 4.39 Å². The van der Waals surface area contributed by atoms with Gasteiger partial charge < -0.3 is 9.84 Å². The summed E-state index contributed by atoms with van der Waals surface area (Å²) in [6.07, 6.45) is 0. The summed E-state index contributed by atoms with van der Waals surface area (Å²) < 4.78 is 18.3. The number of methoxy groups -OCH3 is 1. The van der Waals surface area contributed by atoms with Crippen molar-refractivity contribution < 1.29 is 23.8 Å². The molecular formula is C14H11FO4S. The Balaban J connectivity index is 2.61. The first-order valence-corrected chi connectivity index (χ1v) is 6.48. The number of rotatable bonds is 3. The summed E-state index contributed by atoms with van der Waals surface area (Å²) in [6, 6.07) is 5.56. The number of aromatic carboxylic acids is 1. The van der Waals surface area contributed by atoms with Gasteiger partial charge in [0, 0.05) is 15.3 Å². The van der Waals surface area contributed by atoms with Crippen molar-refractivity contribution in [3.8, 4) is 10.4 Å². The summed E-state index contributed by atoms with van der Waals surface area (Å²) in [5.74, 6) is -2.65. The van der Waals surface area contributed by atoms with Gasteiger partial charge in [0.05, 0.1) is 12.7 Å². The van der Waals surface area contributed by atoms with Crippen LogP contribution in [0, 0.1) is 12.7 Å². The fraction of sp³-hybridized carbons (Fsp3) is 0.143. The van der Waals surface area contributed by atoms with E-state index in [4.69, 9.17) is 5.11 Å². The smallest absolute Gasteiger partial charge is 0.339 e. The normalized spacial score (nSPS) is 10.3. The third-order valence-electron chi connectivity index (χ3n) is 2.82. The number of halogens is 1. The Labute approximate surface area is 118 Å². The number of carbonyl (C=O) groups excluding carboxylic acids is 1. The molecule has 0 fully saturated rings. The van der Waals surface area contributed by atoms with Crippen LogP contribution < -0.4 is 0 Å². The van der Waals surface area contributed by atoms with E-state index in [2.05, 4.69) is 4.74 Å². The van der Waals surface area contributed by atoms with Gasteiger partial charge in [-0.15, -0.1) is 11.3 Å². The van der Waals surface area contributed by atoms with Crippen molar-refractivity contribution in [2.24, 2.45) is 0 Å². The van der Waals surface area contributed by atoms with Crippen LogP contribution in [0.5, 0.6) is 0 Å². The lowest BCUT2D eigenvalue weighted by Gasteiger charge is -2.04. The van der Waals surface area contributed by atoms with E-state index in [1.54, 1.807) is 6.92 Å². The van der Waals surface area contributed by atoms with Gasteiger partial charge in [-0.25, -0.2) is 14.0 Å². The van der Waals surface area contributed by atoms with E-state index in [0.717, 1.165) is 6.07 Å². The number of aryl methyl sites for hydroxylation is 1. The molecule has 0 bridgehead atoms. The zero-order valence-electron chi connectivity index (χ0n) is 10.8. The van der Waals surface area contributed by atoms with Crippen molar-refractivity contribution in [2.45, 2.75) is 6.92 Å². The van der Waals surface area contributed by atoms with Gasteiger partial charge >= 0.3 is 11.9 Å². The van der Waals surface area contributed by atoms with E-state index in [0.29, 0.717) is 15.3 Å². The van der Waals surface area contributed by atoms with Crippen molar-refractivity contribution in [1.82, 2.24) is 0 Å². The summed E-state index contributed by atoms with van der Waals surface area (Å²) in [5.41, 5.74) is 0.207. The van der Waals surface area contributed by atoms with Crippen LogP contribution >= 0.6 is 11.3 Å². The van der Waals surface area contributed by atoms with Crippen LogP contribution in [-0.2, 0) is 4.74 Å². The SMILES string of the molecule is COC(=O)c1cc(-c2cccc(F)c2C(=O)O)sc1C. The molecule has 0 saturated carbocycles. The van der Waals surface area contributed by atoms with Crippen LogP contribution in [-0.4, -0.2) is 24.2 Å². The average molecular weight is 294 g/mol. The summed E-state index contributed by atoms with van der Waals surface area (Å²) >= 11 is 1.22. The summed E-state index contributed by atoms with van der Waals surface area (Å²) in [7, 11) is 1.27. The third-order valence-corrected chi connectivity index (χ3v) is 3.90. The fourth-order valence-electron chi connectivity index (χ4n) is 1.87. The first kappa shape index (κ1) is 14.2. The molecule has 1 aromatic carbocycles. The predicted molar refractivity (Wildman–Crippen MR) is 72.7 cm³/mol. The molecule has 4 nitrogen and oxygen atoms in total. The van der Waals surface area contributed by atoms with Gasteiger partial charge in [-0.05, 0) is 19.1 Å². The highest BCUT2D eigenvalue weighted by Crippen LogP contribution is 2.34. The minimum atomic E-state index is -1.34. The van der Waals surface area contributed by atoms with E-state index >= 15 is 0 Å². The van der Waals surface area contributed by atoms with Crippen molar-refractivity contribution in [3.05, 3.63) is 46.1 Å². The molecular weight excluding hydrogens is 283 g/mol. The molecule has 6 heteroatoms. The number of carboxylic acid groups (broad SMARTS) is 1. The van der Waals surface area contributed by atoms with Gasteiger partial charge in [-0.3, -0.25) is 0 Å². The lowest BCUT2D eigenvalue weighted by atomic mass is 10.0. The predicted octanol–water partition coefficient (Wildman–Crippen LogP) is 3.35. The Morgan fingerprint density at radius 1 is 1.35 bits per heavy atom. The fourth-order valence-corrected chi connectivity index (χ4v) is 2.91. The minimum absolute atomic E-state index is 0.251. The number of thiophene rings is 1. The zero-order valence-corrected chi connectivity index (χ0v) is 11.6. The van der Waals surface area contributed by atoms with E-state index in [1.165, 1.54) is 36.6 Å². The van der Waals surface area contributed by atoms with E-state index in [9.17, 15) is 14.0 Å². The third kappa shape index (κ3) is 2.42. The molecule has 2 aromatic rings. The number of benzene rings is 1. The number of carboxylic acids is 1. The van der Waals surface area contributed by atoms with Crippen molar-refractivity contribution in [2.75, 3.05) is 7.11 Å². The second kappa shape index (κ2) is 5.42. The minimum Gasteiger partial charge on any atom is -0.478 e. The summed E-state index contributed by atoms with van der Waals surface area (Å²) in [6.45, 7) is 1.72. The first-order chi connectivity index (χ1) is 9.45. The molecule has 1 heterocycles. The van der Waals surface area contributed by atoms with Crippen LogP contribution in [0.25, 0.3) is 10.4 Å². The number of carbonyl (C=O) groups is 2. The molecule has 20 heavy (non-hydrogen) atoms. The Bertz CT molecular complexity index is 690. The lowest BCUT2D eigenvalue weighted by Crippen LogP contribution is -2.03. The monoisotopic (exact) mass is 294 g/mol. The molecule has 0 spiro atoms. The van der Waals surface area contributed by atoms with Crippen LogP contribution in [0.1, 0.15) is 25.6 Å². The van der Waals surface area contributed by atoms with E-state index in [1.807, 2.05) is 0 Å². The molecule has 0 aliphatic rings. The second-order valence-corrected chi connectivity index (χ2v) is 5.30. The Hall–Kier alpha value is -2.21. The van der Waals surface area contributed by atoms with Crippen LogP contribution in [0.15, 0.2) is 24.3 Å². The maximum Gasteiger partial charge on any atom is 0.339 e. The highest BCUT2D eigenvalue weighted by Gasteiger charge is 2.21. The molecule has 0 amide bonds. The molecule has 0 aliphatic heterocycles. The largest absolute Gasteiger partial charge is 0.478 e. The van der Waals surface area contributed by atoms with E-state index in [-0.39, 0.29) is 5.56 Å². The maximum absolute atomic E-state index is 13.7. The molecule has 0 atom stereocenters. The standard InChI is InChI=1S/C14H11FO4S/c1-7-9(14(18)19-2)6-11(20-7)8-4-3-5-10(15)12(8)13(16)17/h3-6H,1-2H3,(H,16,17). The molecule has 104 valence electrons. The summed E-state index contributed by atoms with van der Waals surface area (Å²) in [5, 5.41) is 9.11. The van der Waals surface area contributed by atoms with Gasteiger partial charge in [0.15, 0.2) is 0 Å². The Morgan fingerprint density at radius 2 is 2.05 bits per heavy atom. The zero-order chi connectivity index (χ0) is 14.9. The topological polar surface area (TPSA) is 63.6 Å². The second-order valence-electron chi connectivity index (χ2n) is 4.04. The molecule has 0 aliphatic carbocycles. The Morgan fingerprint density at radius 3 is 2.65 bits per heavy atom. The van der Waals surface area contributed by atoms with E-state index < -0.39 is 23.3 Å². The molecule has 0 radical (unpaired) electrons. The van der Waals surface area contributed by atoms with Gasteiger partial charge in [0.1, 0.15) is 11.4 Å². The molecule has 0 saturated heterocycles. The number of esters is 1. The van der Waals surface area contributed by atoms with Gasteiger partial charge in [0.25, 0.3) is 0 Å². The molecule has 0 unspecified atom stereocenters. The molecule has 2 rings (SSSR count). The van der Waals surface area contributed by atoms with Crippen molar-refractivity contribution in [3.63, 3.8) is 0 Å². The number of hydrogen-bond donors (Lipinski definition) is 1. The van der Waals surface area contributed by atoms with Gasteiger partial charge in [0.2, 0.25) is 0 Å². The molecule has 1 aromatic heterocycles. The average Bonchev–Trinajstić information content (AvgIpc) is 2.79. The van der Waals surface area contributed by atoms with Gasteiger partial charge in [-0.1, -0.05) is 12.1 Å².